The number of benzene rings is 2. The molecule has 0 nitrogen and oxygen atoms in total. The molecule has 2 aromatic carbocycles. The number of hydrogen-bond donors (Lipinski definition) is 0. The maximum absolute atomic E-state index is 12.6. The first-order chi connectivity index (χ1) is 9.01. The van der Waals surface area contributed by atoms with Gasteiger partial charge in [-0.05, 0) is 40.9 Å². The van der Waals surface area contributed by atoms with Crippen LogP contribution in [-0.2, 0) is 6.42 Å². The molecule has 0 radical (unpaired) electrons. The monoisotopic (exact) mass is 282 g/mol. The number of alkyl halides is 3. The van der Waals surface area contributed by atoms with Crippen molar-refractivity contribution in [3.8, 4) is 11.1 Å². The van der Waals surface area contributed by atoms with Crippen LogP contribution < -0.4 is 0 Å². The van der Waals surface area contributed by atoms with Crippen LogP contribution in [0, 0.1) is 0 Å². The van der Waals surface area contributed by atoms with Crippen LogP contribution in [0.5, 0.6) is 0 Å². The molecule has 0 fully saturated rings. The first-order valence-electron chi connectivity index (χ1n) is 5.94. The lowest BCUT2D eigenvalue weighted by Crippen LogP contribution is -2.00. The zero-order valence-corrected chi connectivity index (χ0v) is 11.2. The quantitative estimate of drug-likeness (QED) is 0.667. The van der Waals surface area contributed by atoms with Crippen molar-refractivity contribution in [2.75, 3.05) is 0 Å². The minimum Gasteiger partial charge on any atom is -0.160 e. The molecule has 0 aliphatic rings. The molecular weight excluding hydrogens is 269 g/mol. The van der Waals surface area contributed by atoms with Crippen molar-refractivity contribution in [2.45, 2.75) is 23.7 Å². The second kappa shape index (κ2) is 5.70. The highest BCUT2D eigenvalue weighted by molar-refractivity contribution is 8.00. The largest absolute Gasteiger partial charge is 0.446 e. The van der Waals surface area contributed by atoms with E-state index in [1.807, 2.05) is 31.2 Å². The fraction of sp³-hybridized carbons (Fsp3) is 0.200. The van der Waals surface area contributed by atoms with E-state index < -0.39 is 5.51 Å². The molecule has 0 atom stereocenters. The molecule has 0 amide bonds. The summed E-state index contributed by atoms with van der Waals surface area (Å²) in [4.78, 5) is 0.246. The standard InChI is InChI=1S/C15H13F3S/c1-2-11-7-3-4-8-12(11)13-9-5-6-10-14(13)19-15(16,17)18/h3-10H,2H2,1H3. The molecule has 0 aliphatic carbocycles. The van der Waals surface area contributed by atoms with Gasteiger partial charge in [-0.2, -0.15) is 13.2 Å². The van der Waals surface area contributed by atoms with Crippen LogP contribution in [0.3, 0.4) is 0 Å². The SMILES string of the molecule is CCc1ccccc1-c1ccccc1SC(F)(F)F. The third-order valence-corrected chi connectivity index (χ3v) is 3.61. The molecule has 0 spiro atoms. The van der Waals surface area contributed by atoms with E-state index in [0.717, 1.165) is 17.5 Å². The van der Waals surface area contributed by atoms with E-state index >= 15 is 0 Å². The van der Waals surface area contributed by atoms with Gasteiger partial charge in [0.05, 0.1) is 0 Å². The lowest BCUT2D eigenvalue weighted by molar-refractivity contribution is -0.0327. The van der Waals surface area contributed by atoms with Crippen LogP contribution in [0.1, 0.15) is 12.5 Å². The molecule has 0 N–H and O–H groups in total. The molecule has 19 heavy (non-hydrogen) atoms. The van der Waals surface area contributed by atoms with Crippen LogP contribution >= 0.6 is 11.8 Å². The number of thioether (sulfide) groups is 1. The summed E-state index contributed by atoms with van der Waals surface area (Å²) in [6.45, 7) is 2.00. The molecule has 100 valence electrons. The maximum atomic E-state index is 12.6. The molecular formula is C15H13F3S. The van der Waals surface area contributed by atoms with Crippen molar-refractivity contribution in [1.29, 1.82) is 0 Å². The summed E-state index contributed by atoms with van der Waals surface area (Å²) in [5.41, 5.74) is -1.70. The highest BCUT2D eigenvalue weighted by Crippen LogP contribution is 2.42. The molecule has 2 rings (SSSR count). The fourth-order valence-corrected chi connectivity index (χ4v) is 2.68. The van der Waals surface area contributed by atoms with Crippen LogP contribution in [0.25, 0.3) is 11.1 Å². The van der Waals surface area contributed by atoms with Crippen LogP contribution in [-0.4, -0.2) is 5.51 Å². The van der Waals surface area contributed by atoms with Gasteiger partial charge in [0, 0.05) is 4.90 Å². The van der Waals surface area contributed by atoms with Gasteiger partial charge < -0.3 is 0 Å². The number of rotatable bonds is 3. The summed E-state index contributed by atoms with van der Waals surface area (Å²) in [6.07, 6.45) is 0.793. The number of hydrogen-bond acceptors (Lipinski definition) is 1. The Kier molecular flexibility index (Phi) is 4.20. The smallest absolute Gasteiger partial charge is 0.160 e. The predicted molar refractivity (Wildman–Crippen MR) is 73.2 cm³/mol. The number of aryl methyl sites for hydroxylation is 1. The zero-order chi connectivity index (χ0) is 13.9. The molecule has 4 heteroatoms. The second-order valence-corrected chi connectivity index (χ2v) is 5.16. The Morgan fingerprint density at radius 2 is 1.47 bits per heavy atom. The highest BCUT2D eigenvalue weighted by Gasteiger charge is 2.30. The van der Waals surface area contributed by atoms with Gasteiger partial charge >= 0.3 is 5.51 Å². The summed E-state index contributed by atoms with van der Waals surface area (Å²) in [5, 5.41) is 0. The van der Waals surface area contributed by atoms with E-state index in [1.54, 1.807) is 18.2 Å². The van der Waals surface area contributed by atoms with Crippen molar-refractivity contribution in [3.05, 3.63) is 54.1 Å². The summed E-state index contributed by atoms with van der Waals surface area (Å²) in [7, 11) is 0. The Bertz CT molecular complexity index is 561. The van der Waals surface area contributed by atoms with Gasteiger partial charge in [0.15, 0.2) is 0 Å². The topological polar surface area (TPSA) is 0 Å². The van der Waals surface area contributed by atoms with Crippen molar-refractivity contribution < 1.29 is 13.2 Å². The van der Waals surface area contributed by atoms with Gasteiger partial charge in [-0.1, -0.05) is 49.4 Å². The van der Waals surface area contributed by atoms with Gasteiger partial charge in [-0.3, -0.25) is 0 Å². The van der Waals surface area contributed by atoms with E-state index in [2.05, 4.69) is 0 Å². The minimum atomic E-state index is -4.27. The first-order valence-corrected chi connectivity index (χ1v) is 6.76. The van der Waals surface area contributed by atoms with E-state index in [4.69, 9.17) is 0 Å². The van der Waals surface area contributed by atoms with E-state index in [9.17, 15) is 13.2 Å². The third kappa shape index (κ3) is 3.53. The van der Waals surface area contributed by atoms with Gasteiger partial charge in [-0.25, -0.2) is 0 Å². The van der Waals surface area contributed by atoms with Gasteiger partial charge in [-0.15, -0.1) is 0 Å². The molecule has 0 unspecified atom stereocenters. The highest BCUT2D eigenvalue weighted by atomic mass is 32.2. The average molecular weight is 282 g/mol. The van der Waals surface area contributed by atoms with Gasteiger partial charge in [0.1, 0.15) is 0 Å². The second-order valence-electron chi connectivity index (χ2n) is 4.05. The first kappa shape index (κ1) is 14.0. The Morgan fingerprint density at radius 1 is 0.895 bits per heavy atom. The van der Waals surface area contributed by atoms with Gasteiger partial charge in [0.2, 0.25) is 0 Å². The van der Waals surface area contributed by atoms with E-state index in [0.29, 0.717) is 5.56 Å². The Labute approximate surface area is 114 Å². The lowest BCUT2D eigenvalue weighted by atomic mass is 9.98. The summed E-state index contributed by atoms with van der Waals surface area (Å²) in [6, 6.07) is 14.2. The Hall–Kier alpha value is -1.42. The fourth-order valence-electron chi connectivity index (χ4n) is 1.99. The number of halogens is 3. The van der Waals surface area contributed by atoms with E-state index in [1.165, 1.54) is 6.07 Å². The molecule has 0 aliphatic heterocycles. The van der Waals surface area contributed by atoms with Crippen molar-refractivity contribution >= 4 is 11.8 Å². The lowest BCUT2D eigenvalue weighted by Gasteiger charge is -2.13. The van der Waals surface area contributed by atoms with Crippen LogP contribution in [0.15, 0.2) is 53.4 Å². The molecule has 0 bridgehead atoms. The van der Waals surface area contributed by atoms with E-state index in [-0.39, 0.29) is 16.7 Å². The maximum Gasteiger partial charge on any atom is 0.446 e. The van der Waals surface area contributed by atoms with Crippen molar-refractivity contribution in [2.24, 2.45) is 0 Å². The molecule has 2 aromatic rings. The summed E-state index contributed by atoms with van der Waals surface area (Å²) in [5.74, 6) is 0. The summed E-state index contributed by atoms with van der Waals surface area (Å²) < 4.78 is 37.7. The van der Waals surface area contributed by atoms with Crippen LogP contribution in [0.2, 0.25) is 0 Å². The molecule has 0 aromatic heterocycles. The predicted octanol–water partition coefficient (Wildman–Crippen LogP) is 5.53. The van der Waals surface area contributed by atoms with Crippen molar-refractivity contribution in [3.63, 3.8) is 0 Å². The molecule has 0 heterocycles. The zero-order valence-electron chi connectivity index (χ0n) is 10.4. The Morgan fingerprint density at radius 3 is 2.11 bits per heavy atom. The summed E-state index contributed by atoms with van der Waals surface area (Å²) >= 11 is -0.0586. The average Bonchev–Trinajstić information content (AvgIpc) is 2.37. The van der Waals surface area contributed by atoms with Crippen molar-refractivity contribution in [1.82, 2.24) is 0 Å². The molecule has 0 saturated heterocycles. The normalized spacial score (nSPS) is 11.6. The molecule has 0 saturated carbocycles. The third-order valence-electron chi connectivity index (χ3n) is 2.80. The minimum absolute atomic E-state index is 0.0586. The van der Waals surface area contributed by atoms with Gasteiger partial charge in [0.25, 0.3) is 0 Å². The Balaban J connectivity index is 2.50. The van der Waals surface area contributed by atoms with Crippen LogP contribution in [0.4, 0.5) is 13.2 Å².